The van der Waals surface area contributed by atoms with Crippen molar-refractivity contribution in [2.24, 2.45) is 0 Å². The number of furan rings is 1. The summed E-state index contributed by atoms with van der Waals surface area (Å²) in [6.45, 7) is 0. The zero-order valence-corrected chi connectivity index (χ0v) is 29.3. The molecule has 3 nitrogen and oxygen atoms in total. The normalized spacial score (nSPS) is 17.0. The summed E-state index contributed by atoms with van der Waals surface area (Å²) < 4.78 is 200. The summed E-state index contributed by atoms with van der Waals surface area (Å²) in [7, 11) is 0. The van der Waals surface area contributed by atoms with E-state index < -0.39 is 132 Å². The second-order valence-corrected chi connectivity index (χ2v) is 13.3. The van der Waals surface area contributed by atoms with Gasteiger partial charge in [0.05, 0.1) is 50.9 Å². The summed E-state index contributed by atoms with van der Waals surface area (Å²) in [6, 6.07) is 8.69. The maximum atomic E-state index is 9.98. The molecule has 0 aliphatic rings. The molecule has 0 spiro atoms. The van der Waals surface area contributed by atoms with Gasteiger partial charge in [0.15, 0.2) is 0 Å². The molecule has 0 unspecified atom stereocenters. The minimum Gasteiger partial charge on any atom is -0.456 e. The zero-order chi connectivity index (χ0) is 55.7. The van der Waals surface area contributed by atoms with Crippen LogP contribution in [0.15, 0.2) is 210 Å². The van der Waals surface area contributed by atoms with Crippen LogP contribution in [0, 0.1) is 0 Å². The Morgan fingerprint density at radius 2 is 1.04 bits per heavy atom. The highest BCUT2D eigenvalue weighted by atomic mass is 16.3. The van der Waals surface area contributed by atoms with Gasteiger partial charge in [-0.25, -0.2) is 0 Å². The van der Waals surface area contributed by atoms with Crippen molar-refractivity contribution in [2.75, 3.05) is 0 Å². The third-order valence-corrected chi connectivity index (χ3v) is 10.1. The van der Waals surface area contributed by atoms with E-state index in [1.807, 2.05) is 30.3 Å². The van der Waals surface area contributed by atoms with E-state index in [4.69, 9.17) is 19.5 Å². The number of para-hydroxylation sites is 2. The second kappa shape index (κ2) is 12.5. The van der Waals surface area contributed by atoms with Crippen molar-refractivity contribution < 1.29 is 33.2 Å². The van der Waals surface area contributed by atoms with Gasteiger partial charge in [-0.2, -0.15) is 0 Å². The first-order valence-corrected chi connectivity index (χ1v) is 17.8. The van der Waals surface area contributed by atoms with Crippen molar-refractivity contribution in [3.05, 3.63) is 206 Å². The Balaban J connectivity index is 1.19. The van der Waals surface area contributed by atoms with Gasteiger partial charge in [-0.15, -0.1) is 0 Å². The lowest BCUT2D eigenvalue weighted by atomic mass is 9.99. The first-order valence-electron chi connectivity index (χ1n) is 28.3. The molecule has 0 radical (unpaired) electrons. The molecule has 0 atom stereocenters. The molecule has 3 heterocycles. The number of fused-ring (bicyclic) bond motifs is 9. The molecule has 0 amide bonds. The number of nitrogens with zero attached hydrogens (tertiary/aromatic N) is 2. The molecule has 0 fully saturated rings. The van der Waals surface area contributed by atoms with Crippen LogP contribution in [0.5, 0.6) is 0 Å². The minimum atomic E-state index is -0.800. The molecule has 0 N–H and O–H groups in total. The van der Waals surface area contributed by atoms with Crippen LogP contribution in [0.3, 0.4) is 0 Å². The van der Waals surface area contributed by atoms with Gasteiger partial charge in [0, 0.05) is 43.7 Å². The van der Waals surface area contributed by atoms with Crippen molar-refractivity contribution in [3.63, 3.8) is 0 Å². The van der Waals surface area contributed by atoms with Crippen molar-refractivity contribution in [1.82, 2.24) is 9.13 Å². The first-order chi connectivity index (χ1) is 37.0. The van der Waals surface area contributed by atoms with Crippen LogP contribution in [0.25, 0.3) is 110 Å². The topological polar surface area (TPSA) is 23.0 Å². The van der Waals surface area contributed by atoms with E-state index in [9.17, 15) is 13.7 Å². The Kier molecular flexibility index (Phi) is 3.81. The maximum absolute atomic E-state index is 9.98. The van der Waals surface area contributed by atoms with Crippen molar-refractivity contribution in [3.8, 4) is 44.8 Å². The standard InChI is InChI=1S/C54H34N2O/c1-3-12-35(13-4-1)36-22-26-40(27-23-36)55-48-19-9-7-16-43(48)45-32-38(24-29-50(45)55)39-25-30-51-46(33-39)44-17-8-10-20-49(44)56(51)41-28-31-52-47(34-41)54-42(18-11-21-53(54)57-52)37-14-5-2-6-15-37/h1-34H/i2D,5D,7D,8D,9D,10D,11D,14D,16D,17D,18D,19D,21D,24D,25D,28D,29D,30D,31D,32D,33D. The van der Waals surface area contributed by atoms with E-state index in [-0.39, 0.29) is 88.4 Å². The summed E-state index contributed by atoms with van der Waals surface area (Å²) in [5.41, 5.74) is -1.02. The summed E-state index contributed by atoms with van der Waals surface area (Å²) in [4.78, 5) is 0. The van der Waals surface area contributed by atoms with Gasteiger partial charge in [0.2, 0.25) is 0 Å². The number of aromatic nitrogens is 2. The van der Waals surface area contributed by atoms with Gasteiger partial charge in [-0.1, -0.05) is 133 Å². The van der Waals surface area contributed by atoms with Gasteiger partial charge in [-0.05, 0) is 106 Å². The third kappa shape index (κ3) is 4.92. The molecule has 9 aromatic carbocycles. The minimum absolute atomic E-state index is 0.0539. The highest BCUT2D eigenvalue weighted by Crippen LogP contribution is 2.41. The molecule has 0 saturated carbocycles. The molecule has 266 valence electrons. The quantitative estimate of drug-likeness (QED) is 0.172. The van der Waals surface area contributed by atoms with Crippen LogP contribution in [-0.4, -0.2) is 9.13 Å². The Morgan fingerprint density at radius 3 is 1.84 bits per heavy atom. The lowest BCUT2D eigenvalue weighted by Gasteiger charge is -2.10. The fraction of sp³-hybridized carbons (Fsp3) is 0. The Hall–Kier alpha value is -7.62. The summed E-state index contributed by atoms with van der Waals surface area (Å²) in [5, 5.41) is -1.12. The molecule has 0 saturated heterocycles. The SMILES string of the molecule is [2H]c1ccc(-c2c([2H])c([2H])c([2H])c3oc4c([2H])c([2H])c(-n5c6cc([2H])c([2H])c([2H])c6c6c([2H])c(-c7c([2H])c([2H])c8c(c7[2H])c7c([2H])c([2H])c([2H])c([2H])c7n8-c7ccc(-c8ccccc8)cc7)c([2H])c([2H])c65)cc4c23)c([2H])c1[2H]. The fourth-order valence-corrected chi connectivity index (χ4v) is 7.58. The van der Waals surface area contributed by atoms with Gasteiger partial charge < -0.3 is 13.6 Å². The van der Waals surface area contributed by atoms with Crippen molar-refractivity contribution in [1.29, 1.82) is 0 Å². The molecular weight excluding hydrogens is 693 g/mol. The number of hydrogen-bond donors (Lipinski definition) is 0. The first kappa shape index (κ1) is 17.5. The van der Waals surface area contributed by atoms with E-state index in [1.54, 1.807) is 24.3 Å². The molecule has 57 heavy (non-hydrogen) atoms. The van der Waals surface area contributed by atoms with Crippen molar-refractivity contribution in [2.45, 2.75) is 0 Å². The van der Waals surface area contributed by atoms with Crippen LogP contribution in [-0.2, 0) is 0 Å². The molecule has 0 bridgehead atoms. The predicted octanol–water partition coefficient (Wildman–Crippen LogP) is 14.8. The van der Waals surface area contributed by atoms with Gasteiger partial charge in [0.1, 0.15) is 11.2 Å². The monoisotopic (exact) mass is 747 g/mol. The molecule has 12 aromatic rings. The fourth-order valence-electron chi connectivity index (χ4n) is 7.58. The van der Waals surface area contributed by atoms with E-state index in [2.05, 4.69) is 0 Å². The molecular formula is C54H34N2O. The second-order valence-electron chi connectivity index (χ2n) is 13.3. The summed E-state index contributed by atoms with van der Waals surface area (Å²) >= 11 is 0. The maximum Gasteiger partial charge on any atom is 0.136 e. The van der Waals surface area contributed by atoms with Crippen LogP contribution in [0.4, 0.5) is 0 Å². The highest BCUT2D eigenvalue weighted by Gasteiger charge is 2.18. The largest absolute Gasteiger partial charge is 0.456 e. The highest BCUT2D eigenvalue weighted by molar-refractivity contribution is 6.15. The smallest absolute Gasteiger partial charge is 0.136 e. The van der Waals surface area contributed by atoms with Crippen LogP contribution in [0.2, 0.25) is 0 Å². The van der Waals surface area contributed by atoms with E-state index in [0.717, 1.165) is 21.8 Å². The molecule has 3 heteroatoms. The average Bonchev–Trinajstić information content (AvgIpc) is 3.35. The zero-order valence-electron chi connectivity index (χ0n) is 50.3. The number of rotatable bonds is 5. The predicted molar refractivity (Wildman–Crippen MR) is 239 cm³/mol. The average molecular weight is 748 g/mol. The van der Waals surface area contributed by atoms with Crippen LogP contribution < -0.4 is 0 Å². The molecule has 3 aromatic heterocycles. The Bertz CT molecular complexity index is 4740. The van der Waals surface area contributed by atoms with Gasteiger partial charge in [0.25, 0.3) is 0 Å². The van der Waals surface area contributed by atoms with Crippen LogP contribution >= 0.6 is 0 Å². The van der Waals surface area contributed by atoms with Gasteiger partial charge in [-0.3, -0.25) is 0 Å². The summed E-state index contributed by atoms with van der Waals surface area (Å²) in [6.07, 6.45) is 0. The summed E-state index contributed by atoms with van der Waals surface area (Å²) in [5.74, 6) is 0. The number of benzene rings is 9. The Morgan fingerprint density at radius 1 is 0.368 bits per heavy atom. The molecule has 0 aliphatic carbocycles. The lowest BCUT2D eigenvalue weighted by Crippen LogP contribution is -1.94. The van der Waals surface area contributed by atoms with Gasteiger partial charge >= 0.3 is 0 Å². The number of hydrogen-bond acceptors (Lipinski definition) is 1. The Labute approximate surface area is 358 Å². The van der Waals surface area contributed by atoms with E-state index in [0.29, 0.717) is 5.69 Å². The van der Waals surface area contributed by atoms with Crippen LogP contribution in [0.1, 0.15) is 28.8 Å². The van der Waals surface area contributed by atoms with E-state index in [1.165, 1.54) is 22.8 Å². The lowest BCUT2D eigenvalue weighted by molar-refractivity contribution is 0.669. The van der Waals surface area contributed by atoms with Crippen molar-refractivity contribution >= 4 is 65.6 Å². The van der Waals surface area contributed by atoms with E-state index >= 15 is 0 Å². The molecule has 12 rings (SSSR count). The molecule has 0 aliphatic heterocycles. The third-order valence-electron chi connectivity index (χ3n) is 10.1.